The third-order valence-corrected chi connectivity index (χ3v) is 30.8. The number of halogens is 2. The Morgan fingerprint density at radius 3 is 1.22 bits per heavy atom. The Morgan fingerprint density at radius 1 is 0.470 bits per heavy atom. The molecule has 6 aromatic heterocycles. The summed E-state index contributed by atoms with van der Waals surface area (Å²) >= 11 is 12.4. The fraction of sp³-hybridized carbons (Fsp3) is 0.269. The quantitative estimate of drug-likeness (QED) is 0.0187. The monoisotopic (exact) mass is 2000 g/mol. The molecule has 19 rings (SSSR count). The molecule has 30 heteroatoms. The van der Waals surface area contributed by atoms with Gasteiger partial charge in [0.05, 0.1) is 101 Å². The van der Waals surface area contributed by atoms with E-state index in [4.69, 9.17) is 60.8 Å². The number of carbonyl (C=O) groups is 4. The predicted octanol–water partition coefficient (Wildman–Crippen LogP) is 21.7. The molecule has 4 aliphatic heterocycles. The Bertz CT molecular complexity index is 6800. The summed E-state index contributed by atoms with van der Waals surface area (Å²) in [6.45, 7) is 23.5. The van der Waals surface area contributed by atoms with Gasteiger partial charge in [0.2, 0.25) is 5.24 Å². The van der Waals surface area contributed by atoms with Crippen molar-refractivity contribution in [2.24, 2.45) is 20.9 Å². The molecule has 1 saturated carbocycles. The molecule has 0 spiro atoms. The van der Waals surface area contributed by atoms with Crippen LogP contribution in [-0.4, -0.2) is 149 Å². The maximum Gasteiger partial charge on any atom is 0.494 e. The molecule has 0 radical (unpaired) electrons. The number of esters is 3. The van der Waals surface area contributed by atoms with E-state index < -0.39 is 27.9 Å². The first-order valence-corrected chi connectivity index (χ1v) is 49.7. The normalized spacial score (nSPS) is 15.8. The zero-order chi connectivity index (χ0) is 95.0. The average Bonchev–Trinajstić information content (AvgIpc) is 1.57. The van der Waals surface area contributed by atoms with Gasteiger partial charge in [-0.3, -0.25) is 19.8 Å². The number of anilines is 3. The Morgan fingerprint density at radius 2 is 0.828 bits per heavy atom. The van der Waals surface area contributed by atoms with Crippen LogP contribution in [0, 0.1) is 9.62 Å². The average molecular weight is 2000 g/mol. The first-order chi connectivity index (χ1) is 64.1. The molecular formula is C104H105BClIN12O11S4. The van der Waals surface area contributed by atoms with E-state index in [9.17, 15) is 27.6 Å². The Balaban J connectivity index is 0.000000136. The number of aliphatic imine (C=N–C) groups is 3. The molecule has 0 bridgehead atoms. The third-order valence-electron chi connectivity index (χ3n) is 23.3. The largest absolute Gasteiger partial charge is 0.494 e. The van der Waals surface area contributed by atoms with Crippen LogP contribution in [0.1, 0.15) is 152 Å². The van der Waals surface area contributed by atoms with Gasteiger partial charge in [0.25, 0.3) is 10.0 Å². The lowest BCUT2D eigenvalue weighted by molar-refractivity contribution is -0.112. The first kappa shape index (κ1) is 96.9. The molecule has 688 valence electrons. The number of thioether (sulfide) groups is 3. The number of nitrogens with zero attached hydrogens (tertiary/aromatic N) is 9. The summed E-state index contributed by atoms with van der Waals surface area (Å²) in [5.41, 5.74) is 20.7. The maximum atomic E-state index is 14.0. The molecule has 14 aromatic rings. The minimum absolute atomic E-state index is 0.0281. The summed E-state index contributed by atoms with van der Waals surface area (Å²) in [6.07, 6.45) is 6.57. The Hall–Kier alpha value is -11.7. The zero-order valence-electron chi connectivity index (χ0n) is 76.8. The molecule has 0 unspecified atom stereocenters. The maximum absolute atomic E-state index is 14.0. The zero-order valence-corrected chi connectivity index (χ0v) is 83.0. The van der Waals surface area contributed by atoms with E-state index in [1.807, 2.05) is 161 Å². The summed E-state index contributed by atoms with van der Waals surface area (Å²) in [5, 5.41) is 5.00. The van der Waals surface area contributed by atoms with Crippen LogP contribution in [-0.2, 0) is 64.5 Å². The number of methoxy groups -OCH3 is 3. The van der Waals surface area contributed by atoms with E-state index in [0.717, 1.165) is 118 Å². The van der Waals surface area contributed by atoms with Crippen LogP contribution >= 0.6 is 69.5 Å². The van der Waals surface area contributed by atoms with Crippen molar-refractivity contribution >= 4 is 181 Å². The SMILES string of the molecule is CC1(C)CSC(c2cccc(B3OC(C)(C)C(C)(C)O3)c2)=N1.COC(=O)c1cnc(N(Cc2ccccc2)Cc2ccccc2)c2[nH]c(-c3cccc(C4=NC(C)(C)CS4)c3)cc12.COC(=O)c1cnc(N(Cc2ccccc2)Cc2ccccc2)c2c1cc(I)n2S(=O)(=O)c1ccccc1.COC(=O)c1cnc(N)c2[nH]c(-c3cccc(C4=NC(C)(C)CS4)c3)cc12.O=C(Cl)C1CC1. The van der Waals surface area contributed by atoms with Crippen LogP contribution in [0.15, 0.2) is 281 Å². The number of nitrogens with one attached hydrogen (secondary N) is 2. The number of hydrogen-bond acceptors (Lipinski definition) is 23. The van der Waals surface area contributed by atoms with E-state index in [2.05, 4.69) is 179 Å². The highest BCUT2D eigenvalue weighted by Crippen LogP contribution is 2.43. The molecular weight excluding hydrogens is 1890 g/mol. The second-order valence-electron chi connectivity index (χ2n) is 35.9. The highest BCUT2D eigenvalue weighted by atomic mass is 127. The Labute approximate surface area is 813 Å². The summed E-state index contributed by atoms with van der Waals surface area (Å²) in [6, 6.07) is 79.4. The number of aromatic nitrogens is 6. The smallest absolute Gasteiger partial charge is 0.465 e. The number of nitrogens with two attached hydrogens (primary N) is 1. The highest BCUT2D eigenvalue weighted by Gasteiger charge is 2.52. The molecule has 10 heterocycles. The minimum atomic E-state index is -4.01. The molecule has 5 aliphatic rings. The Kier molecular flexibility index (Phi) is 29.8. The van der Waals surface area contributed by atoms with Crippen LogP contribution in [0.3, 0.4) is 0 Å². The van der Waals surface area contributed by atoms with Crippen molar-refractivity contribution in [3.05, 3.63) is 321 Å². The number of benzene rings is 8. The van der Waals surface area contributed by atoms with Crippen molar-refractivity contribution in [2.75, 3.05) is 54.1 Å². The molecule has 23 nitrogen and oxygen atoms in total. The molecule has 0 atom stereocenters. The number of hydrogen-bond donors (Lipinski definition) is 3. The summed E-state index contributed by atoms with van der Waals surface area (Å²) < 4.78 is 56.9. The van der Waals surface area contributed by atoms with Gasteiger partial charge in [0.1, 0.15) is 11.3 Å². The number of aromatic amines is 2. The highest BCUT2D eigenvalue weighted by molar-refractivity contribution is 14.1. The van der Waals surface area contributed by atoms with Gasteiger partial charge in [0.15, 0.2) is 11.6 Å². The van der Waals surface area contributed by atoms with Gasteiger partial charge < -0.3 is 49.0 Å². The van der Waals surface area contributed by atoms with Crippen molar-refractivity contribution in [1.82, 2.24) is 28.9 Å². The van der Waals surface area contributed by atoms with E-state index in [1.165, 1.54) is 48.8 Å². The van der Waals surface area contributed by atoms with Gasteiger partial charge in [-0.1, -0.05) is 200 Å². The number of rotatable bonds is 22. The molecule has 1 saturated heterocycles. The number of pyridine rings is 3. The van der Waals surface area contributed by atoms with Crippen LogP contribution in [0.5, 0.6) is 0 Å². The molecule has 8 aromatic carbocycles. The van der Waals surface area contributed by atoms with Gasteiger partial charge in [-0.2, -0.15) is 0 Å². The molecule has 0 amide bonds. The number of nitrogen functional groups attached to an aromatic ring is 1. The van der Waals surface area contributed by atoms with E-state index >= 15 is 0 Å². The lowest BCUT2D eigenvalue weighted by Crippen LogP contribution is -2.41. The van der Waals surface area contributed by atoms with Gasteiger partial charge in [-0.15, -0.1) is 35.3 Å². The van der Waals surface area contributed by atoms with Crippen LogP contribution in [0.25, 0.3) is 55.2 Å². The number of H-pyrrole nitrogens is 2. The topological polar surface area (TPSA) is 293 Å². The number of fused-ring (bicyclic) bond motifs is 3. The number of ether oxygens (including phenoxy) is 3. The van der Waals surface area contributed by atoms with E-state index in [1.54, 1.807) is 66.1 Å². The predicted molar refractivity (Wildman–Crippen MR) is 553 cm³/mol. The summed E-state index contributed by atoms with van der Waals surface area (Å²) in [4.78, 5) is 87.0. The lowest BCUT2D eigenvalue weighted by atomic mass is 9.78. The first-order valence-electron chi connectivity index (χ1n) is 43.8. The van der Waals surface area contributed by atoms with Gasteiger partial charge in [0, 0.05) is 112 Å². The third kappa shape index (κ3) is 22.8. The van der Waals surface area contributed by atoms with Crippen molar-refractivity contribution in [3.63, 3.8) is 0 Å². The second-order valence-corrected chi connectivity index (χ2v) is 42.1. The fourth-order valence-electron chi connectivity index (χ4n) is 15.5. The molecule has 1 aliphatic carbocycles. The van der Waals surface area contributed by atoms with Crippen molar-refractivity contribution in [3.8, 4) is 22.5 Å². The lowest BCUT2D eigenvalue weighted by Gasteiger charge is -2.32. The number of carbonyl (C=O) groups excluding carboxylic acids is 4. The van der Waals surface area contributed by atoms with Crippen molar-refractivity contribution < 1.29 is 51.1 Å². The standard InChI is InChI=1S/C34H32N4O2S.C29H24IN3O4S.C20H20N4O2S.C17H24BNO2S.C4H5ClO/c1-34(2)22-41-32(37-34)26-16-10-15-25(17-26)29-18-27-28(33(39)40-3)19-35-31(30(27)36-29)38(20-23-11-6-4-7-12-23)21-24-13-8-5-9-14-24;1-37-29(34)25-18-31-28(32(19-21-11-5-2-6-12-21)20-22-13-7-3-8-14-22)27-24(25)17-26(30)33(27)38(35,36)23-15-9-4-10-16-23;1-20(2)10-27-18(24-20)12-6-4-5-11(7-12)15-8-13-14(19(25)26-3)9-22-17(21)16(13)23-15;1-15(2)11-22-14(19-15)12-8-7-9-13(10-12)18-20-16(3,4)17(5,6)21-18;5-4(6)3-1-2-3/h4-19,36H,20-22H2,1-3H3;2-18H,19-20H2,1H3;4-9,23H,10H2,1-3H3,(H2,21,22);7-10H,11H2,1-6H3;3H,1-2H2. The second kappa shape index (κ2) is 41.3. The van der Waals surface area contributed by atoms with Crippen LogP contribution in [0.2, 0.25) is 0 Å². The molecule has 4 N–H and O–H groups in total. The minimum Gasteiger partial charge on any atom is -0.465 e. The summed E-state index contributed by atoms with van der Waals surface area (Å²) in [7, 11) is -0.284. The van der Waals surface area contributed by atoms with E-state index in [-0.39, 0.29) is 56.6 Å². The molecule has 2 fully saturated rings. The fourth-order valence-corrected chi connectivity index (χ4v) is 21.9. The summed E-state index contributed by atoms with van der Waals surface area (Å²) in [5.74, 6) is 3.34. The van der Waals surface area contributed by atoms with Gasteiger partial charge >= 0.3 is 25.0 Å². The van der Waals surface area contributed by atoms with Gasteiger partial charge in [-0.25, -0.2) is 41.7 Å². The van der Waals surface area contributed by atoms with Crippen LogP contribution in [0.4, 0.5) is 17.5 Å². The van der Waals surface area contributed by atoms with E-state index in [0.29, 0.717) is 74.4 Å². The van der Waals surface area contributed by atoms with Crippen molar-refractivity contribution in [1.29, 1.82) is 0 Å². The van der Waals surface area contributed by atoms with Crippen LogP contribution < -0.4 is 21.0 Å². The molecule has 134 heavy (non-hydrogen) atoms. The van der Waals surface area contributed by atoms with Gasteiger partial charge in [-0.05, 0) is 198 Å². The van der Waals surface area contributed by atoms with Crippen molar-refractivity contribution in [2.45, 2.75) is 141 Å².